The van der Waals surface area contributed by atoms with Gasteiger partial charge in [-0.2, -0.15) is 0 Å². The molecular weight excluding hydrogens is 415 g/mol. The number of aromatic amines is 1. The Bertz CT molecular complexity index is 1020. The summed E-state index contributed by atoms with van der Waals surface area (Å²) >= 11 is 19.0. The third-order valence-electron chi connectivity index (χ3n) is 3.76. The zero-order chi connectivity index (χ0) is 18.7. The molecule has 0 aliphatic carbocycles. The first-order valence-electron chi connectivity index (χ1n) is 7.69. The van der Waals surface area contributed by atoms with Crippen LogP contribution in [0.5, 0.6) is 0 Å². The maximum Gasteiger partial charge on any atom is 0.337 e. The Balaban J connectivity index is 1.81. The summed E-state index contributed by atoms with van der Waals surface area (Å²) < 4.78 is 4.31. The number of hydrogen-bond acceptors (Lipinski definition) is 4. The Kier molecular flexibility index (Phi) is 6.09. The summed E-state index contributed by atoms with van der Waals surface area (Å²) in [5.74, 6) is 0. The average molecular weight is 430 g/mol. The molecule has 0 amide bonds. The standard InChI is InChI=1S/C17H15Cl3N4OS/c1-23(13-5-2-11(18)3-6-13)8-9-24-16(25)22-26-17(24)21-12-4-7-14(19)15(20)10-12/h2-7,10H,8-9H2,1H3,(H,22,25). The molecule has 0 saturated carbocycles. The second kappa shape index (κ2) is 8.31. The molecule has 1 N–H and O–H groups in total. The highest BCUT2D eigenvalue weighted by molar-refractivity contribution is 7.02. The third-order valence-corrected chi connectivity index (χ3v) is 5.52. The van der Waals surface area contributed by atoms with Gasteiger partial charge in [-0.1, -0.05) is 34.8 Å². The van der Waals surface area contributed by atoms with Crippen LogP contribution in [0.25, 0.3) is 0 Å². The number of aromatic nitrogens is 2. The lowest BCUT2D eigenvalue weighted by atomic mass is 10.3. The highest BCUT2D eigenvalue weighted by Crippen LogP contribution is 2.26. The van der Waals surface area contributed by atoms with E-state index in [0.29, 0.717) is 38.6 Å². The molecule has 9 heteroatoms. The number of H-pyrrole nitrogens is 1. The van der Waals surface area contributed by atoms with Crippen LogP contribution in [0.1, 0.15) is 0 Å². The number of anilines is 1. The highest BCUT2D eigenvalue weighted by Gasteiger charge is 2.06. The van der Waals surface area contributed by atoms with E-state index < -0.39 is 0 Å². The van der Waals surface area contributed by atoms with Crippen LogP contribution in [0.2, 0.25) is 15.1 Å². The largest absolute Gasteiger partial charge is 0.373 e. The van der Waals surface area contributed by atoms with Crippen molar-refractivity contribution in [2.75, 3.05) is 18.5 Å². The lowest BCUT2D eigenvalue weighted by molar-refractivity contribution is 0.641. The Morgan fingerprint density at radius 3 is 2.54 bits per heavy atom. The molecule has 1 aromatic heterocycles. The topological polar surface area (TPSA) is 53.4 Å². The summed E-state index contributed by atoms with van der Waals surface area (Å²) in [4.78, 5) is 19.2. The van der Waals surface area contributed by atoms with Crippen LogP contribution >= 0.6 is 46.3 Å². The first kappa shape index (κ1) is 19.0. The second-order valence-corrected chi connectivity index (χ2v) is 7.58. The van der Waals surface area contributed by atoms with Crippen LogP contribution in [0.4, 0.5) is 11.4 Å². The lowest BCUT2D eigenvalue weighted by Crippen LogP contribution is -2.32. The molecule has 0 saturated heterocycles. The van der Waals surface area contributed by atoms with Gasteiger partial charge in [0.2, 0.25) is 4.80 Å². The van der Waals surface area contributed by atoms with Gasteiger partial charge >= 0.3 is 5.69 Å². The predicted octanol–water partition coefficient (Wildman–Crippen LogP) is 4.57. The van der Waals surface area contributed by atoms with Crippen molar-refractivity contribution in [3.05, 3.63) is 72.8 Å². The summed E-state index contributed by atoms with van der Waals surface area (Å²) in [6, 6.07) is 12.6. The van der Waals surface area contributed by atoms with Crippen molar-refractivity contribution < 1.29 is 0 Å². The number of nitrogens with zero attached hydrogens (tertiary/aromatic N) is 3. The maximum absolute atomic E-state index is 12.1. The van der Waals surface area contributed by atoms with E-state index in [1.807, 2.05) is 36.2 Å². The van der Waals surface area contributed by atoms with Gasteiger partial charge in [0.15, 0.2) is 0 Å². The van der Waals surface area contributed by atoms with E-state index in [1.54, 1.807) is 22.8 Å². The lowest BCUT2D eigenvalue weighted by Gasteiger charge is -2.19. The molecule has 2 aromatic carbocycles. The summed E-state index contributed by atoms with van der Waals surface area (Å²) in [5.41, 5.74) is 1.46. The predicted molar refractivity (Wildman–Crippen MR) is 109 cm³/mol. The molecule has 0 radical (unpaired) electrons. The van der Waals surface area contributed by atoms with E-state index in [1.165, 1.54) is 11.5 Å². The van der Waals surface area contributed by atoms with Gasteiger partial charge in [0.1, 0.15) is 0 Å². The monoisotopic (exact) mass is 428 g/mol. The second-order valence-electron chi connectivity index (χ2n) is 5.55. The molecular formula is C17H15Cl3N4OS. The van der Waals surface area contributed by atoms with Crippen molar-refractivity contribution in [1.82, 2.24) is 8.94 Å². The van der Waals surface area contributed by atoms with Gasteiger partial charge in [0, 0.05) is 30.8 Å². The molecule has 26 heavy (non-hydrogen) atoms. The average Bonchev–Trinajstić information content (AvgIpc) is 2.96. The van der Waals surface area contributed by atoms with E-state index in [0.717, 1.165) is 5.69 Å². The van der Waals surface area contributed by atoms with Crippen LogP contribution in [-0.4, -0.2) is 22.5 Å². The smallest absolute Gasteiger partial charge is 0.337 e. The number of benzene rings is 2. The molecule has 0 aliphatic heterocycles. The van der Waals surface area contributed by atoms with E-state index in [9.17, 15) is 4.79 Å². The van der Waals surface area contributed by atoms with Gasteiger partial charge in [-0.25, -0.2) is 9.79 Å². The van der Waals surface area contributed by atoms with Gasteiger partial charge in [0.05, 0.1) is 15.7 Å². The number of hydrogen-bond donors (Lipinski definition) is 1. The van der Waals surface area contributed by atoms with E-state index in [2.05, 4.69) is 9.37 Å². The molecule has 3 aromatic rings. The van der Waals surface area contributed by atoms with Gasteiger partial charge in [-0.3, -0.25) is 8.94 Å². The summed E-state index contributed by atoms with van der Waals surface area (Å²) in [7, 11) is 1.96. The number of rotatable bonds is 5. The minimum atomic E-state index is -0.196. The molecule has 0 atom stereocenters. The fourth-order valence-corrected chi connectivity index (χ4v) is 3.45. The van der Waals surface area contributed by atoms with E-state index in [-0.39, 0.29) is 5.69 Å². The number of likely N-dealkylation sites (N-methyl/N-ethyl adjacent to an activating group) is 1. The number of nitrogens with one attached hydrogen (secondary N) is 1. The number of halogens is 3. The Hall–Kier alpha value is -1.73. The molecule has 0 bridgehead atoms. The summed E-state index contributed by atoms with van der Waals surface area (Å²) in [6.45, 7) is 1.12. The normalized spacial score (nSPS) is 11.8. The molecule has 0 aliphatic rings. The SMILES string of the molecule is CN(CCn1c(=O)[nH]sc1=Nc1ccc(Cl)c(Cl)c1)c1ccc(Cl)cc1. The first-order valence-corrected chi connectivity index (χ1v) is 9.64. The van der Waals surface area contributed by atoms with Crippen LogP contribution < -0.4 is 15.4 Å². The van der Waals surface area contributed by atoms with Gasteiger partial charge in [-0.05, 0) is 54.0 Å². The third kappa shape index (κ3) is 4.51. The van der Waals surface area contributed by atoms with Crippen molar-refractivity contribution >= 4 is 57.7 Å². The molecule has 5 nitrogen and oxygen atoms in total. The van der Waals surface area contributed by atoms with Crippen molar-refractivity contribution in [2.24, 2.45) is 4.99 Å². The first-order chi connectivity index (χ1) is 12.4. The molecule has 136 valence electrons. The van der Waals surface area contributed by atoms with E-state index >= 15 is 0 Å². The van der Waals surface area contributed by atoms with Crippen molar-refractivity contribution in [2.45, 2.75) is 6.54 Å². The fraction of sp³-hybridized carbons (Fsp3) is 0.176. The summed E-state index contributed by atoms with van der Waals surface area (Å²) in [6.07, 6.45) is 0. The molecule has 0 fully saturated rings. The molecule has 1 heterocycles. The van der Waals surface area contributed by atoms with Crippen LogP contribution in [0.15, 0.2) is 52.3 Å². The Morgan fingerprint density at radius 1 is 1.12 bits per heavy atom. The highest BCUT2D eigenvalue weighted by atomic mass is 35.5. The zero-order valence-electron chi connectivity index (χ0n) is 13.7. The van der Waals surface area contributed by atoms with Crippen LogP contribution in [0, 0.1) is 0 Å². The van der Waals surface area contributed by atoms with Crippen molar-refractivity contribution in [3.8, 4) is 0 Å². The molecule has 3 rings (SSSR count). The van der Waals surface area contributed by atoms with Gasteiger partial charge in [0.25, 0.3) is 0 Å². The quantitative estimate of drug-likeness (QED) is 0.646. The van der Waals surface area contributed by atoms with Gasteiger partial charge < -0.3 is 4.90 Å². The fourth-order valence-electron chi connectivity index (χ4n) is 2.31. The molecule has 0 unspecified atom stereocenters. The van der Waals surface area contributed by atoms with Crippen molar-refractivity contribution in [1.29, 1.82) is 0 Å². The minimum absolute atomic E-state index is 0.196. The summed E-state index contributed by atoms with van der Waals surface area (Å²) in [5, 5.41) is 1.57. The Labute approximate surface area is 169 Å². The molecule has 0 spiro atoms. The van der Waals surface area contributed by atoms with Crippen LogP contribution in [-0.2, 0) is 6.54 Å². The van der Waals surface area contributed by atoms with Gasteiger partial charge in [-0.15, -0.1) is 0 Å². The van der Waals surface area contributed by atoms with E-state index in [4.69, 9.17) is 34.8 Å². The Morgan fingerprint density at radius 2 is 1.85 bits per heavy atom. The maximum atomic E-state index is 12.1. The van der Waals surface area contributed by atoms with Crippen molar-refractivity contribution in [3.63, 3.8) is 0 Å². The zero-order valence-corrected chi connectivity index (χ0v) is 16.8. The van der Waals surface area contributed by atoms with Crippen LogP contribution in [0.3, 0.4) is 0 Å². The minimum Gasteiger partial charge on any atom is -0.373 e.